The van der Waals surface area contributed by atoms with E-state index in [1.165, 1.54) is 23.4 Å². The number of anilines is 2. The first-order valence-electron chi connectivity index (χ1n) is 16.9. The lowest BCUT2D eigenvalue weighted by molar-refractivity contribution is -0.125. The molecular formula is C38H29Cl2N9O5. The predicted octanol–water partition coefficient (Wildman–Crippen LogP) is 5.32. The lowest BCUT2D eigenvalue weighted by Gasteiger charge is -2.27. The molecule has 16 heteroatoms. The number of aromatic nitrogens is 5. The van der Waals surface area contributed by atoms with Crippen molar-refractivity contribution in [1.82, 2.24) is 35.1 Å². The number of carboxylic acid groups (broad SMARTS) is 1. The maximum atomic E-state index is 14.6. The van der Waals surface area contributed by atoms with Crippen molar-refractivity contribution in [2.24, 2.45) is 0 Å². The Kier molecular flexibility index (Phi) is 8.24. The second-order valence-electron chi connectivity index (χ2n) is 13.9. The summed E-state index contributed by atoms with van der Waals surface area (Å²) in [6, 6.07) is 17.1. The van der Waals surface area contributed by atoms with Gasteiger partial charge in [-0.15, -0.1) is 0 Å². The van der Waals surface area contributed by atoms with E-state index >= 15 is 0 Å². The summed E-state index contributed by atoms with van der Waals surface area (Å²) in [4.78, 5) is 72.2. The van der Waals surface area contributed by atoms with Crippen LogP contribution in [0, 0.1) is 11.3 Å². The van der Waals surface area contributed by atoms with Crippen molar-refractivity contribution in [3.05, 3.63) is 118 Å². The highest BCUT2D eigenvalue weighted by atomic mass is 35.5. The van der Waals surface area contributed by atoms with Crippen molar-refractivity contribution in [2.45, 2.75) is 55.6 Å². The van der Waals surface area contributed by atoms with E-state index in [-0.39, 0.29) is 41.3 Å². The summed E-state index contributed by atoms with van der Waals surface area (Å²) in [6.07, 6.45) is 7.95. The molecule has 4 heterocycles. The number of fused-ring (bicyclic) bond motifs is 1. The van der Waals surface area contributed by atoms with Crippen LogP contribution in [-0.2, 0) is 27.1 Å². The van der Waals surface area contributed by atoms with E-state index < -0.39 is 28.5 Å². The first-order valence-corrected chi connectivity index (χ1v) is 17.7. The number of imidazole rings is 1. The fourth-order valence-corrected chi connectivity index (χ4v) is 7.42. The van der Waals surface area contributed by atoms with E-state index in [0.717, 1.165) is 11.1 Å². The predicted molar refractivity (Wildman–Crippen MR) is 195 cm³/mol. The number of amides is 3. The van der Waals surface area contributed by atoms with Gasteiger partial charge in [0.15, 0.2) is 0 Å². The molecule has 2 aromatic carbocycles. The van der Waals surface area contributed by atoms with Gasteiger partial charge in [0, 0.05) is 40.6 Å². The molecule has 54 heavy (non-hydrogen) atoms. The summed E-state index contributed by atoms with van der Waals surface area (Å²) in [6.45, 7) is 1.73. The van der Waals surface area contributed by atoms with Crippen molar-refractivity contribution < 1.29 is 24.3 Å². The van der Waals surface area contributed by atoms with E-state index in [4.69, 9.17) is 28.5 Å². The highest BCUT2D eigenvalue weighted by Crippen LogP contribution is 2.47. The third kappa shape index (κ3) is 6.01. The minimum absolute atomic E-state index is 0.0397. The number of carbonyl (C=O) groups excluding carboxylic acids is 3. The summed E-state index contributed by atoms with van der Waals surface area (Å²) in [5.74, 6) is -2.19. The van der Waals surface area contributed by atoms with Gasteiger partial charge in [-0.25, -0.2) is 24.6 Å². The van der Waals surface area contributed by atoms with Crippen LogP contribution < -0.4 is 15.5 Å². The summed E-state index contributed by atoms with van der Waals surface area (Å²) in [5, 5.41) is 24.9. The van der Waals surface area contributed by atoms with E-state index in [9.17, 15) is 24.3 Å². The number of pyridine rings is 1. The van der Waals surface area contributed by atoms with Crippen LogP contribution in [0.2, 0.25) is 10.0 Å². The third-order valence-corrected chi connectivity index (χ3v) is 10.6. The van der Waals surface area contributed by atoms with Crippen molar-refractivity contribution in [1.29, 1.82) is 5.26 Å². The van der Waals surface area contributed by atoms with Gasteiger partial charge in [-0.05, 0) is 74.1 Å². The van der Waals surface area contributed by atoms with Gasteiger partial charge in [-0.1, -0.05) is 47.5 Å². The molecule has 3 aliphatic rings. The largest absolute Gasteiger partial charge is 0.478 e. The zero-order chi connectivity index (χ0) is 38.0. The van der Waals surface area contributed by atoms with Crippen LogP contribution in [0.5, 0.6) is 0 Å². The average molecular weight is 763 g/mol. The molecule has 270 valence electrons. The highest BCUT2D eigenvalue weighted by Gasteiger charge is 2.57. The number of rotatable bonds is 10. The maximum absolute atomic E-state index is 14.6. The molecule has 0 saturated heterocycles. The smallest absolute Gasteiger partial charge is 0.337 e. The highest BCUT2D eigenvalue weighted by molar-refractivity contribution is 6.35. The van der Waals surface area contributed by atoms with Crippen molar-refractivity contribution >= 4 is 58.5 Å². The van der Waals surface area contributed by atoms with Crippen LogP contribution >= 0.6 is 23.2 Å². The summed E-state index contributed by atoms with van der Waals surface area (Å²) in [5.41, 5.74) is 0.0173. The molecule has 0 radical (unpaired) electrons. The fraction of sp³-hybridized carbons (Fsp3) is 0.237. The van der Waals surface area contributed by atoms with Crippen LogP contribution in [0.4, 0.5) is 11.6 Å². The number of halogens is 2. The van der Waals surface area contributed by atoms with E-state index in [1.54, 1.807) is 48.1 Å². The SMILES string of the molecule is C[C@@]1(Cc2ccc(-c3cnc(C#N)nc3)cc2)C(=O)N(c2cc(Cl)cc(Cl)c2)c2ncc(C(=O)NC3(C(=O)NC4(c5ccc(C(=O)O)cn5)CC4)CC3)n21. The fourth-order valence-electron chi connectivity index (χ4n) is 6.90. The van der Waals surface area contributed by atoms with Gasteiger partial charge in [0.1, 0.15) is 22.8 Å². The Morgan fingerprint density at radius 1 is 0.870 bits per heavy atom. The maximum Gasteiger partial charge on any atom is 0.337 e. The van der Waals surface area contributed by atoms with Gasteiger partial charge in [0.25, 0.3) is 11.8 Å². The molecule has 2 aliphatic carbocycles. The lowest BCUT2D eigenvalue weighted by Crippen LogP contribution is -2.52. The molecule has 14 nitrogen and oxygen atoms in total. The Bertz CT molecular complexity index is 2400. The molecule has 3 aromatic heterocycles. The second-order valence-corrected chi connectivity index (χ2v) is 14.8. The average Bonchev–Trinajstić information content (AvgIpc) is 4.06. The number of aromatic carboxylic acids is 1. The summed E-state index contributed by atoms with van der Waals surface area (Å²) >= 11 is 12.7. The van der Waals surface area contributed by atoms with Crippen LogP contribution in [0.25, 0.3) is 11.1 Å². The van der Waals surface area contributed by atoms with Crippen LogP contribution in [0.1, 0.15) is 70.5 Å². The number of carboxylic acids is 1. The van der Waals surface area contributed by atoms with Crippen molar-refractivity contribution in [3.63, 3.8) is 0 Å². The van der Waals surface area contributed by atoms with Gasteiger partial charge >= 0.3 is 5.97 Å². The molecular weight excluding hydrogens is 733 g/mol. The monoisotopic (exact) mass is 761 g/mol. The van der Waals surface area contributed by atoms with E-state index in [0.29, 0.717) is 52.7 Å². The van der Waals surface area contributed by atoms with Crippen molar-refractivity contribution in [3.8, 4) is 17.2 Å². The number of benzene rings is 2. The van der Waals surface area contributed by atoms with Gasteiger partial charge in [-0.2, -0.15) is 5.26 Å². The normalized spacial score (nSPS) is 18.7. The number of nitrogens with zero attached hydrogens (tertiary/aromatic N) is 7. The number of hydrogen-bond donors (Lipinski definition) is 3. The Labute approximate surface area is 317 Å². The zero-order valence-corrected chi connectivity index (χ0v) is 30.0. The molecule has 0 unspecified atom stereocenters. The van der Waals surface area contributed by atoms with Gasteiger partial charge in [-0.3, -0.25) is 23.9 Å². The first-order chi connectivity index (χ1) is 25.8. The quantitative estimate of drug-likeness (QED) is 0.168. The Hall–Kier alpha value is -6.17. The lowest BCUT2D eigenvalue weighted by atomic mass is 9.90. The number of nitriles is 1. The molecule has 3 N–H and O–H groups in total. The molecule has 0 bridgehead atoms. The van der Waals surface area contributed by atoms with Gasteiger partial charge < -0.3 is 15.7 Å². The molecule has 2 fully saturated rings. The minimum atomic E-state index is -1.36. The number of nitrogens with one attached hydrogen (secondary N) is 2. The Morgan fingerprint density at radius 3 is 2.13 bits per heavy atom. The van der Waals surface area contributed by atoms with E-state index in [1.807, 2.05) is 30.3 Å². The Balaban J connectivity index is 1.09. The summed E-state index contributed by atoms with van der Waals surface area (Å²) < 4.78 is 1.59. The molecule has 1 atom stereocenters. The number of carbonyl (C=O) groups is 4. The summed E-state index contributed by atoms with van der Waals surface area (Å²) in [7, 11) is 0. The first kappa shape index (κ1) is 34.9. The topological polar surface area (TPSA) is 196 Å². The van der Waals surface area contributed by atoms with E-state index in [2.05, 4.69) is 30.6 Å². The molecule has 2 saturated carbocycles. The molecule has 3 amide bonds. The molecule has 0 spiro atoms. The molecule has 1 aliphatic heterocycles. The zero-order valence-electron chi connectivity index (χ0n) is 28.5. The van der Waals surface area contributed by atoms with Crippen LogP contribution in [-0.4, -0.2) is 58.8 Å². The van der Waals surface area contributed by atoms with Crippen LogP contribution in [0.15, 0.2) is 79.4 Å². The van der Waals surface area contributed by atoms with Gasteiger partial charge in [0.05, 0.1) is 28.7 Å². The minimum Gasteiger partial charge on any atom is -0.478 e. The molecule has 8 rings (SSSR count). The Morgan fingerprint density at radius 2 is 1.56 bits per heavy atom. The number of hydrogen-bond acceptors (Lipinski definition) is 9. The second kappa shape index (κ2) is 12.8. The van der Waals surface area contributed by atoms with Gasteiger partial charge in [0.2, 0.25) is 17.7 Å². The third-order valence-electron chi connectivity index (χ3n) is 10.2. The molecule has 5 aromatic rings. The standard InChI is InChI=1S/C38H29Cl2N9O5/c1-36(15-21-2-4-22(5-3-21)24-18-43-30(16-41)44-19-24)34(54)48(27-13-25(39)12-26(40)14-27)35-45-20-28(49(35)36)31(50)46-38(10-11-38)33(53)47-37(8-9-37)29-7-6-23(17-42-29)32(51)52/h2-7,12-14,17-20H,8-11,15H2,1H3,(H,46,50)(H,47,53)(H,51,52)/t36-/m1/s1. The van der Waals surface area contributed by atoms with Crippen molar-refractivity contribution in [2.75, 3.05) is 4.90 Å². The van der Waals surface area contributed by atoms with Crippen LogP contribution in [0.3, 0.4) is 0 Å².